The monoisotopic (exact) mass is 535 g/mol. The summed E-state index contributed by atoms with van der Waals surface area (Å²) in [4.78, 5) is 32.2. The normalized spacial score (nSPS) is 14.5. The summed E-state index contributed by atoms with van der Waals surface area (Å²) in [6, 6.07) is 18.4. The van der Waals surface area contributed by atoms with Gasteiger partial charge in [0.15, 0.2) is 5.82 Å². The molecule has 2 heterocycles. The van der Waals surface area contributed by atoms with Gasteiger partial charge in [0.05, 0.1) is 12.8 Å². The first kappa shape index (κ1) is 27.4. The topological polar surface area (TPSA) is 78.9 Å². The summed E-state index contributed by atoms with van der Waals surface area (Å²) >= 11 is 5.99. The highest BCUT2D eigenvalue weighted by molar-refractivity contribution is 6.30. The smallest absolute Gasteiger partial charge is 0.254 e. The fraction of sp³-hybridized carbons (Fsp3) is 0.379. The average molecular weight is 536 g/mol. The number of aromatic nitrogens is 2. The number of methoxy groups -OCH3 is 1. The fourth-order valence-corrected chi connectivity index (χ4v) is 4.58. The summed E-state index contributed by atoms with van der Waals surface area (Å²) in [5, 5.41) is 9.45. The van der Waals surface area contributed by atoms with Crippen molar-refractivity contribution in [1.82, 2.24) is 20.0 Å². The Labute approximate surface area is 229 Å². The van der Waals surface area contributed by atoms with Crippen LogP contribution >= 0.6 is 11.6 Å². The van der Waals surface area contributed by atoms with Crippen LogP contribution in [0.15, 0.2) is 60.7 Å². The maximum Gasteiger partial charge on any atom is 0.254 e. The molecule has 1 aromatic heterocycles. The molecule has 2 amide bonds. The minimum atomic E-state index is -0.159. The molecule has 0 unspecified atom stereocenters. The van der Waals surface area contributed by atoms with E-state index in [0.717, 1.165) is 42.2 Å². The summed E-state index contributed by atoms with van der Waals surface area (Å²) in [7, 11) is 1.64. The van der Waals surface area contributed by atoms with Crippen molar-refractivity contribution in [1.29, 1.82) is 0 Å². The van der Waals surface area contributed by atoms with Gasteiger partial charge in [-0.3, -0.25) is 9.59 Å². The number of hydrogen-bond acceptors (Lipinski definition) is 6. The first-order valence-corrected chi connectivity index (χ1v) is 13.3. The number of anilines is 1. The molecule has 0 N–H and O–H groups in total. The number of amides is 2. The zero-order valence-electron chi connectivity index (χ0n) is 22.1. The molecule has 38 heavy (non-hydrogen) atoms. The quantitative estimate of drug-likeness (QED) is 0.413. The van der Waals surface area contributed by atoms with Gasteiger partial charge in [0.2, 0.25) is 5.91 Å². The molecule has 4 rings (SSSR count). The Balaban J connectivity index is 1.38. The lowest BCUT2D eigenvalue weighted by Gasteiger charge is -2.31. The molecule has 200 valence electrons. The van der Waals surface area contributed by atoms with Gasteiger partial charge in [-0.1, -0.05) is 18.5 Å². The van der Waals surface area contributed by atoms with Crippen molar-refractivity contribution in [3.63, 3.8) is 0 Å². The van der Waals surface area contributed by atoms with Gasteiger partial charge >= 0.3 is 0 Å². The summed E-state index contributed by atoms with van der Waals surface area (Å²) in [6.07, 6.45) is 1.56. The van der Waals surface area contributed by atoms with Crippen molar-refractivity contribution < 1.29 is 14.3 Å². The summed E-state index contributed by atoms with van der Waals surface area (Å²) in [6.45, 7) is 6.66. The van der Waals surface area contributed by atoms with Crippen molar-refractivity contribution in [3.8, 4) is 17.0 Å². The summed E-state index contributed by atoms with van der Waals surface area (Å²) < 4.78 is 5.22. The predicted molar refractivity (Wildman–Crippen MR) is 150 cm³/mol. The van der Waals surface area contributed by atoms with Crippen LogP contribution in [0.1, 0.15) is 37.0 Å². The molecule has 0 spiro atoms. The average Bonchev–Trinajstić information content (AvgIpc) is 3.22. The SMILES string of the molecule is CC[C@H](C)N(CC(=O)N1CCCN(c2ccc(-c3ccc(OC)cc3)nn2)CC1)C(=O)c1ccc(Cl)cc1. The van der Waals surface area contributed by atoms with Gasteiger partial charge < -0.3 is 19.4 Å². The Morgan fingerprint density at radius 1 is 0.974 bits per heavy atom. The van der Waals surface area contributed by atoms with E-state index in [1.807, 2.05) is 55.1 Å². The molecule has 1 aliphatic heterocycles. The first-order valence-electron chi connectivity index (χ1n) is 13.0. The Morgan fingerprint density at radius 3 is 2.34 bits per heavy atom. The third-order valence-corrected chi connectivity index (χ3v) is 7.24. The molecule has 9 heteroatoms. The van der Waals surface area contributed by atoms with Crippen LogP contribution in [0.25, 0.3) is 11.3 Å². The fourth-order valence-electron chi connectivity index (χ4n) is 4.46. The number of ether oxygens (including phenoxy) is 1. The molecule has 1 aliphatic rings. The van der Waals surface area contributed by atoms with Gasteiger partial charge in [0, 0.05) is 48.4 Å². The lowest BCUT2D eigenvalue weighted by atomic mass is 10.1. The minimum Gasteiger partial charge on any atom is -0.497 e. The highest BCUT2D eigenvalue weighted by Gasteiger charge is 2.27. The van der Waals surface area contributed by atoms with E-state index in [4.69, 9.17) is 16.3 Å². The molecule has 1 fully saturated rings. The molecule has 1 saturated heterocycles. The molecule has 8 nitrogen and oxygen atoms in total. The second-order valence-corrected chi connectivity index (χ2v) is 9.86. The van der Waals surface area contributed by atoms with Crippen molar-refractivity contribution >= 4 is 29.2 Å². The Bertz CT molecular complexity index is 1220. The standard InChI is InChI=1S/C29H34ClN5O3/c1-4-21(2)35(29(37)23-6-10-24(30)11-7-23)20-28(36)34-17-5-16-33(18-19-34)27-15-14-26(31-32-27)22-8-12-25(38-3)13-9-22/h6-15,21H,4-5,16-20H2,1-3H3/t21-/m0/s1. The van der Waals surface area contributed by atoms with Crippen LogP contribution in [-0.4, -0.2) is 77.7 Å². The van der Waals surface area contributed by atoms with Gasteiger partial charge in [0.25, 0.3) is 5.91 Å². The van der Waals surface area contributed by atoms with Crippen LogP contribution in [0.4, 0.5) is 5.82 Å². The van der Waals surface area contributed by atoms with Crippen LogP contribution in [-0.2, 0) is 4.79 Å². The summed E-state index contributed by atoms with van der Waals surface area (Å²) in [5.74, 6) is 1.38. The van der Waals surface area contributed by atoms with E-state index in [0.29, 0.717) is 30.2 Å². The molecule has 0 radical (unpaired) electrons. The van der Waals surface area contributed by atoms with Gasteiger partial charge in [-0.25, -0.2) is 0 Å². The molecular formula is C29H34ClN5O3. The third kappa shape index (κ3) is 6.61. The molecule has 2 aromatic carbocycles. The number of nitrogens with zero attached hydrogens (tertiary/aromatic N) is 5. The lowest BCUT2D eigenvalue weighted by Crippen LogP contribution is -2.47. The third-order valence-electron chi connectivity index (χ3n) is 6.99. The van der Waals surface area contributed by atoms with Crippen LogP contribution in [0, 0.1) is 0 Å². The van der Waals surface area contributed by atoms with Crippen molar-refractivity contribution in [2.45, 2.75) is 32.7 Å². The molecule has 0 bridgehead atoms. The number of halogens is 1. The number of carbonyl (C=O) groups is 2. The summed E-state index contributed by atoms with van der Waals surface area (Å²) in [5.41, 5.74) is 2.29. The molecular weight excluding hydrogens is 502 g/mol. The molecule has 1 atom stereocenters. The van der Waals surface area contributed by atoms with E-state index >= 15 is 0 Å². The Kier molecular flexibility index (Phi) is 9.18. The van der Waals surface area contributed by atoms with E-state index in [2.05, 4.69) is 15.1 Å². The first-order chi connectivity index (χ1) is 18.4. The van der Waals surface area contributed by atoms with Crippen molar-refractivity contribution in [2.24, 2.45) is 0 Å². The lowest BCUT2D eigenvalue weighted by molar-refractivity contribution is -0.132. The maximum absolute atomic E-state index is 13.3. The van der Waals surface area contributed by atoms with E-state index in [9.17, 15) is 9.59 Å². The zero-order chi connectivity index (χ0) is 27.1. The predicted octanol–water partition coefficient (Wildman–Crippen LogP) is 4.79. The van der Waals surface area contributed by atoms with Crippen molar-refractivity contribution in [2.75, 3.05) is 44.7 Å². The van der Waals surface area contributed by atoms with Gasteiger partial charge in [-0.15, -0.1) is 10.2 Å². The largest absolute Gasteiger partial charge is 0.497 e. The van der Waals surface area contributed by atoms with E-state index in [-0.39, 0.29) is 24.4 Å². The van der Waals surface area contributed by atoms with Gasteiger partial charge in [0.1, 0.15) is 12.3 Å². The van der Waals surface area contributed by atoms with Crippen molar-refractivity contribution in [3.05, 3.63) is 71.2 Å². The number of benzene rings is 2. The molecule has 0 saturated carbocycles. The van der Waals surface area contributed by atoms with Gasteiger partial charge in [-0.2, -0.15) is 0 Å². The molecule has 0 aliphatic carbocycles. The second-order valence-electron chi connectivity index (χ2n) is 9.42. The van der Waals surface area contributed by atoms with Crippen LogP contribution in [0.5, 0.6) is 5.75 Å². The van der Waals surface area contributed by atoms with Crippen LogP contribution in [0.3, 0.4) is 0 Å². The highest BCUT2D eigenvalue weighted by atomic mass is 35.5. The zero-order valence-corrected chi connectivity index (χ0v) is 22.9. The number of carbonyl (C=O) groups excluding carboxylic acids is 2. The highest BCUT2D eigenvalue weighted by Crippen LogP contribution is 2.22. The van der Waals surface area contributed by atoms with Crippen LogP contribution < -0.4 is 9.64 Å². The number of rotatable bonds is 8. The Hall–Kier alpha value is -3.65. The van der Waals surface area contributed by atoms with E-state index in [1.165, 1.54) is 0 Å². The minimum absolute atomic E-state index is 0.0459. The van der Waals surface area contributed by atoms with E-state index in [1.54, 1.807) is 36.3 Å². The van der Waals surface area contributed by atoms with Crippen LogP contribution in [0.2, 0.25) is 5.02 Å². The maximum atomic E-state index is 13.3. The van der Waals surface area contributed by atoms with Gasteiger partial charge in [-0.05, 0) is 80.4 Å². The Morgan fingerprint density at radius 2 is 1.71 bits per heavy atom. The second kappa shape index (κ2) is 12.7. The van der Waals surface area contributed by atoms with E-state index < -0.39 is 0 Å². The molecule has 3 aromatic rings. The number of hydrogen-bond donors (Lipinski definition) is 0.